The van der Waals surface area contributed by atoms with Crippen molar-refractivity contribution < 1.29 is 19.1 Å². The number of ether oxygens (including phenoxy) is 2. The van der Waals surface area contributed by atoms with E-state index in [0.29, 0.717) is 26.0 Å². The van der Waals surface area contributed by atoms with Crippen LogP contribution in [0.2, 0.25) is 0 Å². The van der Waals surface area contributed by atoms with Crippen LogP contribution in [-0.2, 0) is 19.1 Å². The zero-order chi connectivity index (χ0) is 9.23. The molecule has 0 heterocycles. The number of hydrogen-bond acceptors (Lipinski definition) is 4. The maximum absolute atomic E-state index is 9.73. The van der Waals surface area contributed by atoms with Gasteiger partial charge in [-0.3, -0.25) is 9.59 Å². The Hall–Kier alpha value is -1.32. The molecule has 0 radical (unpaired) electrons. The number of hydrogen-bond donors (Lipinski definition) is 0. The highest BCUT2D eigenvalue weighted by atomic mass is 16.5. The van der Waals surface area contributed by atoms with Gasteiger partial charge in [-0.2, -0.15) is 0 Å². The molecule has 0 aliphatic rings. The SMILES string of the molecule is CC(=CCOC=O)CCOC=O. The monoisotopic (exact) mass is 172 g/mol. The van der Waals surface area contributed by atoms with E-state index >= 15 is 0 Å². The van der Waals surface area contributed by atoms with Gasteiger partial charge in [0.25, 0.3) is 12.9 Å². The van der Waals surface area contributed by atoms with Crippen molar-refractivity contribution in [1.29, 1.82) is 0 Å². The molecule has 0 amide bonds. The molecule has 0 saturated heterocycles. The fourth-order valence-electron chi connectivity index (χ4n) is 0.600. The summed E-state index contributed by atoms with van der Waals surface area (Å²) >= 11 is 0. The van der Waals surface area contributed by atoms with Gasteiger partial charge < -0.3 is 9.47 Å². The lowest BCUT2D eigenvalue weighted by Crippen LogP contribution is -1.94. The summed E-state index contributed by atoms with van der Waals surface area (Å²) in [5, 5.41) is 0. The minimum atomic E-state index is 0.274. The van der Waals surface area contributed by atoms with Crippen molar-refractivity contribution in [2.45, 2.75) is 13.3 Å². The maximum atomic E-state index is 9.73. The summed E-state index contributed by atoms with van der Waals surface area (Å²) in [6.07, 6.45) is 2.43. The molecule has 0 atom stereocenters. The Morgan fingerprint density at radius 1 is 1.25 bits per heavy atom. The Bertz CT molecular complexity index is 162. The first-order valence-corrected chi connectivity index (χ1v) is 3.57. The second kappa shape index (κ2) is 7.78. The standard InChI is InChI=1S/C8H12O4/c1-8(2-4-11-6-9)3-5-12-7-10/h2,6-7H,3-5H2,1H3. The number of carbonyl (C=O) groups excluding carboxylic acids is 2. The van der Waals surface area contributed by atoms with E-state index in [0.717, 1.165) is 5.57 Å². The maximum Gasteiger partial charge on any atom is 0.293 e. The largest absolute Gasteiger partial charge is 0.468 e. The van der Waals surface area contributed by atoms with E-state index in [-0.39, 0.29) is 6.61 Å². The zero-order valence-electron chi connectivity index (χ0n) is 6.99. The minimum absolute atomic E-state index is 0.274. The molecule has 0 fully saturated rings. The summed E-state index contributed by atoms with van der Waals surface area (Å²) in [4.78, 5) is 19.5. The van der Waals surface area contributed by atoms with Crippen molar-refractivity contribution in [3.8, 4) is 0 Å². The lowest BCUT2D eigenvalue weighted by Gasteiger charge is -1.99. The first kappa shape index (κ1) is 10.7. The van der Waals surface area contributed by atoms with Crippen LogP contribution >= 0.6 is 0 Å². The van der Waals surface area contributed by atoms with Crippen LogP contribution in [0.25, 0.3) is 0 Å². The molecule has 0 rings (SSSR count). The van der Waals surface area contributed by atoms with Gasteiger partial charge in [0, 0.05) is 6.42 Å². The Kier molecular flexibility index (Phi) is 6.93. The van der Waals surface area contributed by atoms with Crippen molar-refractivity contribution in [3.05, 3.63) is 11.6 Å². The fraction of sp³-hybridized carbons (Fsp3) is 0.500. The first-order chi connectivity index (χ1) is 5.81. The third kappa shape index (κ3) is 6.80. The van der Waals surface area contributed by atoms with Crippen LogP contribution in [-0.4, -0.2) is 26.2 Å². The third-order valence-corrected chi connectivity index (χ3v) is 1.28. The molecule has 0 bridgehead atoms. The molecule has 4 heteroatoms. The average molecular weight is 172 g/mol. The van der Waals surface area contributed by atoms with E-state index in [9.17, 15) is 9.59 Å². The van der Waals surface area contributed by atoms with E-state index in [1.165, 1.54) is 0 Å². The molecular formula is C8H12O4. The van der Waals surface area contributed by atoms with Gasteiger partial charge in [-0.25, -0.2) is 0 Å². The normalized spacial score (nSPS) is 10.6. The summed E-state index contributed by atoms with van der Waals surface area (Å²) < 4.78 is 8.92. The van der Waals surface area contributed by atoms with Crippen LogP contribution < -0.4 is 0 Å². The summed E-state index contributed by atoms with van der Waals surface area (Å²) in [5.41, 5.74) is 1.03. The molecule has 0 aliphatic carbocycles. The van der Waals surface area contributed by atoms with Gasteiger partial charge in [0.1, 0.15) is 6.61 Å². The zero-order valence-corrected chi connectivity index (χ0v) is 6.99. The molecule has 0 N–H and O–H groups in total. The molecule has 0 aromatic rings. The summed E-state index contributed by atoms with van der Waals surface area (Å²) in [6.45, 7) is 3.33. The van der Waals surface area contributed by atoms with E-state index in [4.69, 9.17) is 0 Å². The van der Waals surface area contributed by atoms with Crippen LogP contribution in [0.5, 0.6) is 0 Å². The Morgan fingerprint density at radius 3 is 2.50 bits per heavy atom. The van der Waals surface area contributed by atoms with Crippen LogP contribution in [0.1, 0.15) is 13.3 Å². The predicted molar refractivity (Wildman–Crippen MR) is 42.4 cm³/mol. The molecule has 0 aromatic carbocycles. The van der Waals surface area contributed by atoms with Crippen LogP contribution in [0, 0.1) is 0 Å². The van der Waals surface area contributed by atoms with E-state index in [1.54, 1.807) is 6.08 Å². The smallest absolute Gasteiger partial charge is 0.293 e. The summed E-state index contributed by atoms with van der Waals surface area (Å²) in [6, 6.07) is 0. The average Bonchev–Trinajstić information content (AvgIpc) is 2.06. The van der Waals surface area contributed by atoms with Crippen molar-refractivity contribution in [2.75, 3.05) is 13.2 Å². The fourth-order valence-corrected chi connectivity index (χ4v) is 0.600. The van der Waals surface area contributed by atoms with Crippen LogP contribution in [0.4, 0.5) is 0 Å². The van der Waals surface area contributed by atoms with Gasteiger partial charge in [-0.1, -0.05) is 5.57 Å². The van der Waals surface area contributed by atoms with Gasteiger partial charge in [-0.05, 0) is 13.0 Å². The first-order valence-electron chi connectivity index (χ1n) is 3.57. The third-order valence-electron chi connectivity index (χ3n) is 1.28. The molecule has 0 spiro atoms. The van der Waals surface area contributed by atoms with E-state index in [2.05, 4.69) is 9.47 Å². The van der Waals surface area contributed by atoms with Gasteiger partial charge in [-0.15, -0.1) is 0 Å². The molecule has 0 aromatic heterocycles. The quantitative estimate of drug-likeness (QED) is 0.322. The number of carbonyl (C=O) groups is 2. The molecule has 0 aliphatic heterocycles. The highest BCUT2D eigenvalue weighted by Gasteiger charge is 1.89. The molecule has 68 valence electrons. The summed E-state index contributed by atoms with van der Waals surface area (Å²) in [5.74, 6) is 0. The highest BCUT2D eigenvalue weighted by Crippen LogP contribution is 1.98. The molecule has 4 nitrogen and oxygen atoms in total. The molecular weight excluding hydrogens is 160 g/mol. The topological polar surface area (TPSA) is 52.6 Å². The van der Waals surface area contributed by atoms with Crippen molar-refractivity contribution in [2.24, 2.45) is 0 Å². The Morgan fingerprint density at radius 2 is 1.92 bits per heavy atom. The van der Waals surface area contributed by atoms with Crippen molar-refractivity contribution in [1.82, 2.24) is 0 Å². The second-order valence-corrected chi connectivity index (χ2v) is 2.20. The van der Waals surface area contributed by atoms with E-state index < -0.39 is 0 Å². The van der Waals surface area contributed by atoms with Crippen LogP contribution in [0.15, 0.2) is 11.6 Å². The van der Waals surface area contributed by atoms with Crippen molar-refractivity contribution in [3.63, 3.8) is 0 Å². The van der Waals surface area contributed by atoms with Gasteiger partial charge in [0.2, 0.25) is 0 Å². The second-order valence-electron chi connectivity index (χ2n) is 2.20. The lowest BCUT2D eigenvalue weighted by molar-refractivity contribution is -0.128. The van der Waals surface area contributed by atoms with Gasteiger partial charge in [0.15, 0.2) is 0 Å². The Balaban J connectivity index is 3.41. The highest BCUT2D eigenvalue weighted by molar-refractivity contribution is 5.37. The van der Waals surface area contributed by atoms with Crippen LogP contribution in [0.3, 0.4) is 0 Å². The van der Waals surface area contributed by atoms with Gasteiger partial charge in [0.05, 0.1) is 6.61 Å². The van der Waals surface area contributed by atoms with Crippen molar-refractivity contribution >= 4 is 12.9 Å². The molecule has 0 unspecified atom stereocenters. The molecule has 12 heavy (non-hydrogen) atoms. The molecule has 0 saturated carbocycles. The summed E-state index contributed by atoms with van der Waals surface area (Å²) in [7, 11) is 0. The number of rotatable bonds is 7. The minimum Gasteiger partial charge on any atom is -0.468 e. The van der Waals surface area contributed by atoms with E-state index in [1.807, 2.05) is 6.92 Å². The Labute approximate surface area is 71.2 Å². The predicted octanol–water partition coefficient (Wildman–Crippen LogP) is 0.669. The van der Waals surface area contributed by atoms with Gasteiger partial charge >= 0.3 is 0 Å². The lowest BCUT2D eigenvalue weighted by atomic mass is 10.2.